The molecular weight excluding hydrogens is 244 g/mol. The van der Waals surface area contributed by atoms with Crippen LogP contribution in [0.1, 0.15) is 69.9 Å². The van der Waals surface area contributed by atoms with E-state index in [1.54, 1.807) is 13.0 Å². The number of hydrogen-bond donors (Lipinski definition) is 2. The Hall–Kier alpha value is -1.84. The maximum absolute atomic E-state index is 11.3. The van der Waals surface area contributed by atoms with Crippen molar-refractivity contribution in [2.24, 2.45) is 0 Å². The predicted octanol–water partition coefficient (Wildman–Crippen LogP) is 3.44. The van der Waals surface area contributed by atoms with Gasteiger partial charge in [-0.3, -0.25) is 0 Å². The summed E-state index contributed by atoms with van der Waals surface area (Å²) in [6.45, 7) is 1.72. The molecule has 1 aliphatic carbocycles. The van der Waals surface area contributed by atoms with Gasteiger partial charge in [-0.1, -0.05) is 25.3 Å². The first-order valence-electron chi connectivity index (χ1n) is 6.62. The van der Waals surface area contributed by atoms with Crippen LogP contribution in [-0.4, -0.2) is 22.2 Å². The Balaban J connectivity index is 2.49. The van der Waals surface area contributed by atoms with Gasteiger partial charge in [0.05, 0.1) is 11.1 Å². The van der Waals surface area contributed by atoms with Gasteiger partial charge in [0.1, 0.15) is 0 Å². The van der Waals surface area contributed by atoms with Crippen LogP contribution < -0.4 is 0 Å². The summed E-state index contributed by atoms with van der Waals surface area (Å²) in [5.41, 5.74) is 1.43. The van der Waals surface area contributed by atoms with Crippen LogP contribution in [0.5, 0.6) is 0 Å². The van der Waals surface area contributed by atoms with Crippen LogP contribution >= 0.6 is 0 Å². The highest BCUT2D eigenvalue weighted by molar-refractivity contribution is 6.03. The topological polar surface area (TPSA) is 74.6 Å². The third-order valence-corrected chi connectivity index (χ3v) is 4.00. The first-order valence-corrected chi connectivity index (χ1v) is 6.62. The van der Waals surface area contributed by atoms with E-state index >= 15 is 0 Å². The first kappa shape index (κ1) is 13.6. The molecule has 0 aromatic heterocycles. The summed E-state index contributed by atoms with van der Waals surface area (Å²) >= 11 is 0. The Morgan fingerprint density at radius 2 is 1.68 bits per heavy atom. The number of rotatable bonds is 3. The fourth-order valence-corrected chi connectivity index (χ4v) is 3.04. The fourth-order valence-electron chi connectivity index (χ4n) is 3.04. The number of hydrogen-bond acceptors (Lipinski definition) is 2. The van der Waals surface area contributed by atoms with Crippen molar-refractivity contribution >= 4 is 11.9 Å². The van der Waals surface area contributed by atoms with Crippen molar-refractivity contribution in [3.8, 4) is 0 Å². The van der Waals surface area contributed by atoms with Crippen LogP contribution in [0.15, 0.2) is 12.1 Å². The molecule has 1 saturated carbocycles. The smallest absolute Gasteiger partial charge is 0.336 e. The van der Waals surface area contributed by atoms with E-state index in [4.69, 9.17) is 5.11 Å². The summed E-state index contributed by atoms with van der Waals surface area (Å²) in [5.74, 6) is -1.97. The minimum Gasteiger partial charge on any atom is -0.478 e. The predicted molar refractivity (Wildman–Crippen MR) is 70.9 cm³/mol. The average Bonchev–Trinajstić information content (AvgIpc) is 2.38. The Morgan fingerprint density at radius 3 is 2.21 bits per heavy atom. The summed E-state index contributed by atoms with van der Waals surface area (Å²) in [7, 11) is 0. The lowest BCUT2D eigenvalue weighted by Crippen LogP contribution is -2.14. The lowest BCUT2D eigenvalue weighted by molar-refractivity contribution is 0.0650. The highest BCUT2D eigenvalue weighted by Crippen LogP contribution is 2.35. The van der Waals surface area contributed by atoms with Crippen LogP contribution in [-0.2, 0) is 0 Å². The Bertz CT molecular complexity index is 513. The molecule has 1 fully saturated rings. The van der Waals surface area contributed by atoms with E-state index in [0.29, 0.717) is 11.5 Å². The zero-order chi connectivity index (χ0) is 14.0. The van der Waals surface area contributed by atoms with E-state index in [-0.39, 0.29) is 11.1 Å². The molecule has 2 rings (SSSR count). The molecule has 102 valence electrons. The van der Waals surface area contributed by atoms with Crippen molar-refractivity contribution in [2.75, 3.05) is 0 Å². The maximum Gasteiger partial charge on any atom is 0.336 e. The molecule has 4 heteroatoms. The number of aromatic carboxylic acids is 2. The van der Waals surface area contributed by atoms with Gasteiger partial charge in [-0.2, -0.15) is 0 Å². The molecule has 0 saturated heterocycles. The molecule has 0 spiro atoms. The number of carbonyl (C=O) groups is 2. The van der Waals surface area contributed by atoms with Crippen molar-refractivity contribution in [1.82, 2.24) is 0 Å². The van der Waals surface area contributed by atoms with Gasteiger partial charge < -0.3 is 10.2 Å². The molecular formula is C15H18O4. The second-order valence-corrected chi connectivity index (χ2v) is 5.15. The van der Waals surface area contributed by atoms with Gasteiger partial charge in [-0.25, -0.2) is 9.59 Å². The van der Waals surface area contributed by atoms with E-state index < -0.39 is 11.9 Å². The average molecular weight is 262 g/mol. The van der Waals surface area contributed by atoms with Crippen LogP contribution in [0.4, 0.5) is 0 Å². The molecule has 1 aliphatic rings. The summed E-state index contributed by atoms with van der Waals surface area (Å²) in [6, 6.07) is 3.23. The molecule has 0 radical (unpaired) electrons. The third kappa shape index (κ3) is 2.62. The number of carboxylic acid groups (broad SMARTS) is 2. The largest absolute Gasteiger partial charge is 0.478 e. The van der Waals surface area contributed by atoms with Gasteiger partial charge >= 0.3 is 11.9 Å². The van der Waals surface area contributed by atoms with Gasteiger partial charge in [0, 0.05) is 0 Å². The summed E-state index contributed by atoms with van der Waals surface area (Å²) < 4.78 is 0. The third-order valence-electron chi connectivity index (χ3n) is 4.00. The normalized spacial score (nSPS) is 16.3. The van der Waals surface area contributed by atoms with Crippen LogP contribution in [0.25, 0.3) is 0 Å². The van der Waals surface area contributed by atoms with Crippen molar-refractivity contribution in [3.05, 3.63) is 34.4 Å². The van der Waals surface area contributed by atoms with E-state index in [1.807, 2.05) is 0 Å². The first-order chi connectivity index (χ1) is 9.02. The van der Waals surface area contributed by atoms with Crippen molar-refractivity contribution < 1.29 is 19.8 Å². The molecule has 0 atom stereocenters. The van der Waals surface area contributed by atoms with Crippen molar-refractivity contribution in [2.45, 2.75) is 44.9 Å². The minimum absolute atomic E-state index is 0.0597. The van der Waals surface area contributed by atoms with E-state index in [9.17, 15) is 14.7 Å². The summed E-state index contributed by atoms with van der Waals surface area (Å²) in [6.07, 6.45) is 5.67. The Labute approximate surface area is 112 Å². The number of benzene rings is 1. The quantitative estimate of drug-likeness (QED) is 0.875. The monoisotopic (exact) mass is 262 g/mol. The Kier molecular flexibility index (Phi) is 3.88. The molecule has 1 aromatic carbocycles. The van der Waals surface area contributed by atoms with Crippen molar-refractivity contribution in [1.29, 1.82) is 0 Å². The molecule has 0 aliphatic heterocycles. The van der Waals surface area contributed by atoms with Gasteiger partial charge in [0.2, 0.25) is 0 Å². The lowest BCUT2D eigenvalue weighted by atomic mass is 9.80. The summed E-state index contributed by atoms with van der Waals surface area (Å²) in [5, 5.41) is 18.3. The van der Waals surface area contributed by atoms with Crippen LogP contribution in [0, 0.1) is 6.92 Å². The molecule has 0 unspecified atom stereocenters. The van der Waals surface area contributed by atoms with Crippen LogP contribution in [0.3, 0.4) is 0 Å². The zero-order valence-corrected chi connectivity index (χ0v) is 11.0. The second kappa shape index (κ2) is 5.43. The second-order valence-electron chi connectivity index (χ2n) is 5.15. The zero-order valence-electron chi connectivity index (χ0n) is 11.0. The fraction of sp³-hybridized carbons (Fsp3) is 0.467. The highest BCUT2D eigenvalue weighted by atomic mass is 16.4. The standard InChI is InChI=1S/C15H18O4/c1-9-11(10-5-3-2-4-6-10)7-8-12(14(16)17)13(9)15(18)19/h7-8,10H,2-6H2,1H3,(H,16,17)(H,18,19). The van der Waals surface area contributed by atoms with Gasteiger partial charge in [-0.15, -0.1) is 0 Å². The SMILES string of the molecule is Cc1c(C2CCCCC2)ccc(C(=O)O)c1C(=O)O. The molecule has 0 amide bonds. The molecule has 19 heavy (non-hydrogen) atoms. The van der Waals surface area contributed by atoms with Crippen molar-refractivity contribution in [3.63, 3.8) is 0 Å². The van der Waals surface area contributed by atoms with E-state index in [1.165, 1.54) is 12.5 Å². The number of carboxylic acids is 2. The van der Waals surface area contributed by atoms with Gasteiger partial charge in [-0.05, 0) is 42.9 Å². The molecule has 0 heterocycles. The minimum atomic E-state index is -1.18. The lowest BCUT2D eigenvalue weighted by Gasteiger charge is -2.24. The van der Waals surface area contributed by atoms with E-state index in [2.05, 4.69) is 0 Å². The molecule has 1 aromatic rings. The highest BCUT2D eigenvalue weighted by Gasteiger charge is 2.24. The van der Waals surface area contributed by atoms with Gasteiger partial charge in [0.15, 0.2) is 0 Å². The maximum atomic E-state index is 11.3. The van der Waals surface area contributed by atoms with Crippen LogP contribution in [0.2, 0.25) is 0 Å². The Morgan fingerprint density at radius 1 is 1.05 bits per heavy atom. The van der Waals surface area contributed by atoms with E-state index in [0.717, 1.165) is 31.2 Å². The molecule has 0 bridgehead atoms. The summed E-state index contributed by atoms with van der Waals surface area (Å²) in [4.78, 5) is 22.4. The molecule has 4 nitrogen and oxygen atoms in total. The van der Waals surface area contributed by atoms with Gasteiger partial charge in [0.25, 0.3) is 0 Å². The molecule has 2 N–H and O–H groups in total.